The van der Waals surface area contributed by atoms with Gasteiger partial charge in [-0.15, -0.1) is 0 Å². The number of nitrogens with zero attached hydrogens (tertiary/aromatic N) is 2. The van der Waals surface area contributed by atoms with Crippen LogP contribution in [0.2, 0.25) is 0 Å². The van der Waals surface area contributed by atoms with Crippen molar-refractivity contribution in [2.24, 2.45) is 5.92 Å². The summed E-state index contributed by atoms with van der Waals surface area (Å²) in [6.07, 6.45) is 0.578. The minimum atomic E-state index is -0.595. The Morgan fingerprint density at radius 2 is 1.71 bits per heavy atom. The second-order valence-corrected chi connectivity index (χ2v) is 7.86. The lowest BCUT2D eigenvalue weighted by Gasteiger charge is -2.40. The molecule has 2 atom stereocenters. The first kappa shape index (κ1) is 22.3. The first-order chi connectivity index (χ1) is 14.8. The molecule has 0 aromatic heterocycles. The second kappa shape index (κ2) is 9.64. The number of esters is 1. The number of benzene rings is 2. The highest BCUT2D eigenvalue weighted by atomic mass is 16.5. The molecular formula is C24H28N2O5. The normalized spacial score (nSPS) is 18.5. The number of piperidine rings is 1. The smallest absolute Gasteiger partial charge is 0.311 e. The van der Waals surface area contributed by atoms with Crippen molar-refractivity contribution in [3.63, 3.8) is 0 Å². The summed E-state index contributed by atoms with van der Waals surface area (Å²) in [5, 5.41) is 0. The molecule has 1 fully saturated rings. The molecule has 1 aliphatic heterocycles. The fourth-order valence-electron chi connectivity index (χ4n) is 3.70. The van der Waals surface area contributed by atoms with Gasteiger partial charge in [-0.3, -0.25) is 14.4 Å². The molecule has 31 heavy (non-hydrogen) atoms. The molecule has 7 heteroatoms. The van der Waals surface area contributed by atoms with Crippen LogP contribution >= 0.6 is 0 Å². The summed E-state index contributed by atoms with van der Waals surface area (Å²) in [5.74, 6) is -0.749. The highest BCUT2D eigenvalue weighted by Crippen LogP contribution is 2.41. The molecule has 164 valence electrons. The zero-order chi connectivity index (χ0) is 22.5. The highest BCUT2D eigenvalue weighted by molar-refractivity contribution is 5.97. The number of methoxy groups -OCH3 is 1. The van der Waals surface area contributed by atoms with Crippen molar-refractivity contribution in [1.82, 2.24) is 4.90 Å². The number of anilines is 1. The molecule has 0 unspecified atom stereocenters. The number of aryl methyl sites for hydroxylation is 1. The van der Waals surface area contributed by atoms with Gasteiger partial charge < -0.3 is 19.3 Å². The van der Waals surface area contributed by atoms with Crippen LogP contribution < -0.4 is 9.64 Å². The van der Waals surface area contributed by atoms with E-state index in [4.69, 9.17) is 9.47 Å². The minimum Gasteiger partial charge on any atom is -0.497 e. The number of likely N-dealkylation sites (N-methyl/N-ethyl adjacent to an activating group) is 1. The Morgan fingerprint density at radius 3 is 2.29 bits per heavy atom. The number of amides is 2. The molecule has 1 aliphatic rings. The Balaban J connectivity index is 1.97. The lowest BCUT2D eigenvalue weighted by molar-refractivity contribution is -0.156. The fraction of sp³-hybridized carbons (Fsp3) is 0.375. The van der Waals surface area contributed by atoms with Crippen LogP contribution in [-0.2, 0) is 19.1 Å². The zero-order valence-electron chi connectivity index (χ0n) is 18.3. The average Bonchev–Trinajstić information content (AvgIpc) is 2.77. The molecular weight excluding hydrogens is 396 g/mol. The van der Waals surface area contributed by atoms with Crippen LogP contribution in [0.3, 0.4) is 0 Å². The predicted molar refractivity (Wildman–Crippen MR) is 117 cm³/mol. The molecule has 7 nitrogen and oxygen atoms in total. The first-order valence-corrected chi connectivity index (χ1v) is 10.2. The number of ether oxygens (including phenoxy) is 2. The van der Waals surface area contributed by atoms with E-state index in [0.29, 0.717) is 12.2 Å². The summed E-state index contributed by atoms with van der Waals surface area (Å²) in [6.45, 7) is 1.65. The molecule has 0 radical (unpaired) electrons. The van der Waals surface area contributed by atoms with Gasteiger partial charge in [-0.2, -0.15) is 0 Å². The number of hydrogen-bond acceptors (Lipinski definition) is 5. The average molecular weight is 424 g/mol. The molecule has 0 bridgehead atoms. The van der Waals surface area contributed by atoms with Crippen molar-refractivity contribution in [1.29, 1.82) is 0 Å². The van der Waals surface area contributed by atoms with Gasteiger partial charge in [-0.05, 0) is 43.2 Å². The molecule has 0 aliphatic carbocycles. The van der Waals surface area contributed by atoms with Gasteiger partial charge in [-0.25, -0.2) is 0 Å². The van der Waals surface area contributed by atoms with Crippen LogP contribution in [0, 0.1) is 12.8 Å². The van der Waals surface area contributed by atoms with Gasteiger partial charge >= 0.3 is 5.97 Å². The van der Waals surface area contributed by atoms with E-state index < -0.39 is 17.9 Å². The van der Waals surface area contributed by atoms with Gasteiger partial charge in [0.05, 0.1) is 19.1 Å². The molecule has 1 saturated heterocycles. The third-order valence-electron chi connectivity index (χ3n) is 5.51. The summed E-state index contributed by atoms with van der Waals surface area (Å²) in [7, 11) is 4.79. The van der Waals surface area contributed by atoms with Gasteiger partial charge in [0.2, 0.25) is 5.91 Å². The Bertz CT molecular complexity index is 937. The maximum absolute atomic E-state index is 13.0. The van der Waals surface area contributed by atoms with Crippen LogP contribution in [0.5, 0.6) is 5.75 Å². The van der Waals surface area contributed by atoms with Crippen LogP contribution in [0.1, 0.15) is 30.0 Å². The SMILES string of the molecule is COc1ccc([C@H]2[C@@H](C(=O)OCC(=O)N(C)C)CCC(=O)N2c2ccc(C)cc2)cc1. The summed E-state index contributed by atoms with van der Waals surface area (Å²) in [4.78, 5) is 40.9. The van der Waals surface area contributed by atoms with Crippen LogP contribution in [-0.4, -0.2) is 50.5 Å². The molecule has 1 heterocycles. The molecule has 2 aromatic rings. The van der Waals surface area contributed by atoms with E-state index in [-0.39, 0.29) is 24.8 Å². The summed E-state index contributed by atoms with van der Waals surface area (Å²) >= 11 is 0. The topological polar surface area (TPSA) is 76.1 Å². The second-order valence-electron chi connectivity index (χ2n) is 7.86. The van der Waals surface area contributed by atoms with E-state index in [1.807, 2.05) is 43.3 Å². The van der Waals surface area contributed by atoms with Crippen LogP contribution in [0.4, 0.5) is 5.69 Å². The van der Waals surface area contributed by atoms with Crippen molar-refractivity contribution in [3.05, 3.63) is 59.7 Å². The zero-order valence-corrected chi connectivity index (χ0v) is 18.3. The molecule has 0 saturated carbocycles. The molecule has 0 spiro atoms. The highest BCUT2D eigenvalue weighted by Gasteiger charge is 2.42. The Labute approximate surface area is 182 Å². The molecule has 3 rings (SSSR count). The maximum Gasteiger partial charge on any atom is 0.311 e. The van der Waals surface area contributed by atoms with E-state index in [0.717, 1.165) is 16.8 Å². The third-order valence-corrected chi connectivity index (χ3v) is 5.51. The van der Waals surface area contributed by atoms with Crippen LogP contribution in [0.15, 0.2) is 48.5 Å². The third kappa shape index (κ3) is 5.05. The van der Waals surface area contributed by atoms with Crippen molar-refractivity contribution >= 4 is 23.5 Å². The van der Waals surface area contributed by atoms with Crippen LogP contribution in [0.25, 0.3) is 0 Å². The van der Waals surface area contributed by atoms with Gasteiger partial charge in [0.1, 0.15) is 5.75 Å². The molecule has 0 N–H and O–H groups in total. The van der Waals surface area contributed by atoms with E-state index in [2.05, 4.69) is 0 Å². The monoisotopic (exact) mass is 424 g/mol. The Kier molecular flexibility index (Phi) is 6.95. The molecule has 2 amide bonds. The van der Waals surface area contributed by atoms with E-state index in [9.17, 15) is 14.4 Å². The number of rotatable bonds is 6. The van der Waals surface area contributed by atoms with Gasteiger partial charge in [0.25, 0.3) is 5.91 Å². The number of hydrogen-bond donors (Lipinski definition) is 0. The van der Waals surface area contributed by atoms with E-state index >= 15 is 0 Å². The van der Waals surface area contributed by atoms with Crippen molar-refractivity contribution in [2.45, 2.75) is 25.8 Å². The fourth-order valence-corrected chi connectivity index (χ4v) is 3.70. The lowest BCUT2D eigenvalue weighted by atomic mass is 9.83. The van der Waals surface area contributed by atoms with E-state index in [1.165, 1.54) is 4.90 Å². The minimum absolute atomic E-state index is 0.0573. The quantitative estimate of drug-likeness (QED) is 0.666. The molecule has 2 aromatic carbocycles. The largest absolute Gasteiger partial charge is 0.497 e. The van der Waals surface area contributed by atoms with E-state index in [1.54, 1.807) is 38.2 Å². The summed E-state index contributed by atoms with van der Waals surface area (Å²) in [5.41, 5.74) is 2.60. The van der Waals surface area contributed by atoms with Gasteiger partial charge in [0.15, 0.2) is 6.61 Å². The van der Waals surface area contributed by atoms with Gasteiger partial charge in [0, 0.05) is 26.2 Å². The summed E-state index contributed by atoms with van der Waals surface area (Å²) < 4.78 is 10.6. The lowest BCUT2D eigenvalue weighted by Crippen LogP contribution is -2.46. The van der Waals surface area contributed by atoms with Crippen molar-refractivity contribution in [3.8, 4) is 5.75 Å². The first-order valence-electron chi connectivity index (χ1n) is 10.2. The van der Waals surface area contributed by atoms with Crippen molar-refractivity contribution in [2.75, 3.05) is 32.7 Å². The number of carbonyl (C=O) groups excluding carboxylic acids is 3. The van der Waals surface area contributed by atoms with Crippen molar-refractivity contribution < 1.29 is 23.9 Å². The summed E-state index contributed by atoms with van der Waals surface area (Å²) in [6, 6.07) is 14.4. The standard InChI is InChI=1S/C24H28N2O5/c1-16-5-9-18(10-6-16)26-21(27)14-13-20(24(29)31-15-22(28)25(2)3)23(26)17-7-11-19(30-4)12-8-17/h5-12,20,23H,13-15H2,1-4H3/t20-,23-/m0/s1. The van der Waals surface area contributed by atoms with Gasteiger partial charge in [-0.1, -0.05) is 29.8 Å². The Hall–Kier alpha value is -3.35. The Morgan fingerprint density at radius 1 is 1.06 bits per heavy atom. The maximum atomic E-state index is 13.0. The predicted octanol–water partition coefficient (Wildman–Crippen LogP) is 3.12. The number of carbonyl (C=O) groups is 3.